The van der Waals surface area contributed by atoms with E-state index in [2.05, 4.69) is 0 Å². The van der Waals surface area contributed by atoms with E-state index in [0.717, 1.165) is 29.2 Å². The van der Waals surface area contributed by atoms with Gasteiger partial charge in [-0.05, 0) is 12.1 Å². The van der Waals surface area contributed by atoms with Gasteiger partial charge >= 0.3 is 0 Å². The maximum atomic E-state index is 12.9. The molecular formula is C11H8FNO3. The molecular weight excluding hydrogens is 213 g/mol. The number of carbonyl (C=O) groups is 2. The van der Waals surface area contributed by atoms with Crippen molar-refractivity contribution in [3.63, 3.8) is 0 Å². The highest BCUT2D eigenvalue weighted by atomic mass is 19.1. The van der Waals surface area contributed by atoms with Crippen molar-refractivity contribution >= 4 is 17.5 Å². The molecule has 0 N–H and O–H groups in total. The molecule has 0 bridgehead atoms. The highest BCUT2D eigenvalue weighted by Crippen LogP contribution is 2.30. The molecule has 5 heteroatoms. The molecule has 0 aliphatic carbocycles. The molecule has 0 saturated heterocycles. The molecule has 0 unspecified atom stereocenters. The fraction of sp³-hybridized carbons (Fsp3) is 0.0909. The first-order valence-corrected chi connectivity index (χ1v) is 4.53. The maximum absolute atomic E-state index is 12.9. The van der Waals surface area contributed by atoms with Crippen LogP contribution in [0, 0.1) is 5.82 Å². The van der Waals surface area contributed by atoms with Gasteiger partial charge in [-0.3, -0.25) is 9.59 Å². The summed E-state index contributed by atoms with van der Waals surface area (Å²) in [6.45, 7) is 0. The molecule has 1 aromatic rings. The Kier molecular flexibility index (Phi) is 2.44. The van der Waals surface area contributed by atoms with Gasteiger partial charge in [0.15, 0.2) is 0 Å². The van der Waals surface area contributed by atoms with Crippen LogP contribution in [0.3, 0.4) is 0 Å². The highest BCUT2D eigenvalue weighted by molar-refractivity contribution is 6.28. The molecule has 0 spiro atoms. The van der Waals surface area contributed by atoms with Gasteiger partial charge in [0.25, 0.3) is 11.8 Å². The fourth-order valence-corrected chi connectivity index (χ4v) is 1.47. The molecule has 82 valence electrons. The molecule has 0 radical (unpaired) electrons. The molecule has 2 amide bonds. The van der Waals surface area contributed by atoms with Crippen molar-refractivity contribution in [1.29, 1.82) is 0 Å². The van der Waals surface area contributed by atoms with Crippen LogP contribution in [-0.2, 0) is 9.59 Å². The summed E-state index contributed by atoms with van der Waals surface area (Å²) in [6, 6.07) is 3.61. The number of methoxy groups -OCH3 is 1. The molecule has 1 aromatic carbocycles. The van der Waals surface area contributed by atoms with Gasteiger partial charge in [-0.25, -0.2) is 9.29 Å². The number of halogens is 1. The average molecular weight is 221 g/mol. The van der Waals surface area contributed by atoms with Crippen LogP contribution in [0.2, 0.25) is 0 Å². The van der Waals surface area contributed by atoms with Crippen molar-refractivity contribution in [2.75, 3.05) is 12.0 Å². The summed E-state index contributed by atoms with van der Waals surface area (Å²) in [5.41, 5.74) is 0.240. The number of hydrogen-bond donors (Lipinski definition) is 0. The second-order valence-corrected chi connectivity index (χ2v) is 3.16. The number of amides is 2. The van der Waals surface area contributed by atoms with Gasteiger partial charge < -0.3 is 4.74 Å². The summed E-state index contributed by atoms with van der Waals surface area (Å²) in [5, 5.41) is 0. The lowest BCUT2D eigenvalue weighted by atomic mass is 10.2. The Hall–Kier alpha value is -2.17. The Morgan fingerprint density at radius 2 is 1.81 bits per heavy atom. The molecule has 16 heavy (non-hydrogen) atoms. The van der Waals surface area contributed by atoms with E-state index < -0.39 is 17.6 Å². The van der Waals surface area contributed by atoms with Crippen molar-refractivity contribution < 1.29 is 18.7 Å². The number of ether oxygens (including phenoxy) is 1. The third-order valence-electron chi connectivity index (χ3n) is 2.19. The van der Waals surface area contributed by atoms with Gasteiger partial charge in [0.2, 0.25) is 0 Å². The second kappa shape index (κ2) is 3.77. The van der Waals surface area contributed by atoms with Crippen molar-refractivity contribution in [3.8, 4) is 5.75 Å². The van der Waals surface area contributed by atoms with Crippen molar-refractivity contribution in [2.24, 2.45) is 0 Å². The molecule has 1 heterocycles. The van der Waals surface area contributed by atoms with Crippen LogP contribution >= 0.6 is 0 Å². The molecule has 0 saturated carbocycles. The monoisotopic (exact) mass is 221 g/mol. The Morgan fingerprint density at radius 1 is 1.19 bits per heavy atom. The Bertz CT molecular complexity index is 478. The van der Waals surface area contributed by atoms with Gasteiger partial charge in [-0.15, -0.1) is 0 Å². The van der Waals surface area contributed by atoms with Crippen LogP contribution < -0.4 is 9.64 Å². The minimum absolute atomic E-state index is 0.144. The van der Waals surface area contributed by atoms with Crippen LogP contribution in [0.15, 0.2) is 30.4 Å². The van der Waals surface area contributed by atoms with E-state index in [1.165, 1.54) is 13.2 Å². The van der Waals surface area contributed by atoms with Gasteiger partial charge in [-0.2, -0.15) is 0 Å². The largest absolute Gasteiger partial charge is 0.494 e. The first-order chi connectivity index (χ1) is 7.63. The molecule has 0 fully saturated rings. The standard InChI is InChI=1S/C11H8FNO3/c1-16-9-6-7(12)2-3-8(9)13-10(14)4-5-11(13)15/h2-6H,1H3. The first kappa shape index (κ1) is 10.4. The van der Waals surface area contributed by atoms with E-state index in [1.807, 2.05) is 0 Å². The first-order valence-electron chi connectivity index (χ1n) is 4.53. The number of nitrogens with zero attached hydrogens (tertiary/aromatic N) is 1. The van der Waals surface area contributed by atoms with E-state index in [1.54, 1.807) is 0 Å². The van der Waals surface area contributed by atoms with Crippen molar-refractivity contribution in [2.45, 2.75) is 0 Å². The van der Waals surface area contributed by atoms with Crippen LogP contribution in [0.4, 0.5) is 10.1 Å². The maximum Gasteiger partial charge on any atom is 0.258 e. The van der Waals surface area contributed by atoms with Gasteiger partial charge in [0, 0.05) is 18.2 Å². The Labute approximate surface area is 90.9 Å². The summed E-state index contributed by atoms with van der Waals surface area (Å²) >= 11 is 0. The summed E-state index contributed by atoms with van der Waals surface area (Å²) < 4.78 is 17.9. The van der Waals surface area contributed by atoms with Crippen molar-refractivity contribution in [1.82, 2.24) is 0 Å². The molecule has 2 rings (SSSR count). The van der Waals surface area contributed by atoms with Crippen LogP contribution in [0.25, 0.3) is 0 Å². The summed E-state index contributed by atoms with van der Waals surface area (Å²) in [5.74, 6) is -1.28. The van der Waals surface area contributed by atoms with E-state index in [0.29, 0.717) is 0 Å². The normalized spacial score (nSPS) is 14.8. The number of hydrogen-bond acceptors (Lipinski definition) is 3. The van der Waals surface area contributed by atoms with E-state index in [9.17, 15) is 14.0 Å². The highest BCUT2D eigenvalue weighted by Gasteiger charge is 2.27. The quantitative estimate of drug-likeness (QED) is 0.706. The van der Waals surface area contributed by atoms with Crippen LogP contribution in [0.5, 0.6) is 5.75 Å². The fourth-order valence-electron chi connectivity index (χ4n) is 1.47. The molecule has 1 aliphatic heterocycles. The molecule has 4 nitrogen and oxygen atoms in total. The predicted molar refractivity (Wildman–Crippen MR) is 54.6 cm³/mol. The lowest BCUT2D eigenvalue weighted by Crippen LogP contribution is -2.29. The number of carbonyl (C=O) groups excluding carboxylic acids is 2. The summed E-state index contributed by atoms with van der Waals surface area (Å²) in [6.07, 6.45) is 2.32. The number of rotatable bonds is 2. The molecule has 0 aromatic heterocycles. The summed E-state index contributed by atoms with van der Waals surface area (Å²) in [4.78, 5) is 23.7. The minimum Gasteiger partial charge on any atom is -0.494 e. The average Bonchev–Trinajstić information content (AvgIpc) is 2.59. The van der Waals surface area contributed by atoms with Crippen LogP contribution in [0.1, 0.15) is 0 Å². The zero-order chi connectivity index (χ0) is 11.7. The molecule has 1 aliphatic rings. The Balaban J connectivity index is 2.48. The summed E-state index contributed by atoms with van der Waals surface area (Å²) in [7, 11) is 1.34. The molecule has 0 atom stereocenters. The van der Waals surface area contributed by atoms with Gasteiger partial charge in [0.05, 0.1) is 12.8 Å². The van der Waals surface area contributed by atoms with E-state index in [4.69, 9.17) is 4.74 Å². The zero-order valence-electron chi connectivity index (χ0n) is 8.44. The third-order valence-corrected chi connectivity index (χ3v) is 2.19. The Morgan fingerprint density at radius 3 is 2.38 bits per heavy atom. The number of benzene rings is 1. The lowest BCUT2D eigenvalue weighted by Gasteiger charge is -2.16. The van der Waals surface area contributed by atoms with Gasteiger partial charge in [-0.1, -0.05) is 0 Å². The predicted octanol–water partition coefficient (Wildman–Crippen LogP) is 1.26. The van der Waals surface area contributed by atoms with Crippen molar-refractivity contribution in [3.05, 3.63) is 36.2 Å². The van der Waals surface area contributed by atoms with Crippen LogP contribution in [-0.4, -0.2) is 18.9 Å². The van der Waals surface area contributed by atoms with Gasteiger partial charge in [0.1, 0.15) is 11.6 Å². The SMILES string of the molecule is COc1cc(F)ccc1N1C(=O)C=CC1=O. The minimum atomic E-state index is -0.493. The third kappa shape index (κ3) is 1.56. The number of imide groups is 1. The smallest absolute Gasteiger partial charge is 0.258 e. The van der Waals surface area contributed by atoms with E-state index >= 15 is 0 Å². The number of anilines is 1. The topological polar surface area (TPSA) is 46.6 Å². The van der Waals surface area contributed by atoms with E-state index in [-0.39, 0.29) is 11.4 Å². The second-order valence-electron chi connectivity index (χ2n) is 3.16. The zero-order valence-corrected chi connectivity index (χ0v) is 8.44. The lowest BCUT2D eigenvalue weighted by molar-refractivity contribution is -0.120.